The number of aryl methyl sites for hydroxylation is 1. The SMILES string of the molecule is CC[Si](C)(C)CCCC(CCC[Si](C)(C)CC)(CCC[Si](C)(C)CC)c1ccc(C)cc1. The van der Waals surface area contributed by atoms with Gasteiger partial charge in [-0.2, -0.15) is 0 Å². The molecule has 0 fully saturated rings. The first-order valence-electron chi connectivity index (χ1n) is 13.9. The minimum atomic E-state index is -1.01. The van der Waals surface area contributed by atoms with Crippen LogP contribution in [0.2, 0.25) is 75.5 Å². The van der Waals surface area contributed by atoms with E-state index in [0.717, 1.165) is 0 Å². The first kappa shape index (κ1) is 29.9. The number of hydrogen-bond acceptors (Lipinski definition) is 0. The number of benzene rings is 1. The Hall–Kier alpha value is -0.129. The monoisotopic (exact) mass is 490 g/mol. The van der Waals surface area contributed by atoms with Crippen LogP contribution >= 0.6 is 0 Å². The van der Waals surface area contributed by atoms with E-state index in [1.54, 1.807) is 5.56 Å². The van der Waals surface area contributed by atoms with Gasteiger partial charge in [0.2, 0.25) is 0 Å². The van der Waals surface area contributed by atoms with Crippen LogP contribution in [0.4, 0.5) is 0 Å². The largest absolute Gasteiger partial charge is 0.0694 e. The maximum absolute atomic E-state index is 2.60. The van der Waals surface area contributed by atoms with Gasteiger partial charge < -0.3 is 0 Å². The van der Waals surface area contributed by atoms with E-state index in [-0.39, 0.29) is 0 Å². The zero-order valence-corrected chi connectivity index (χ0v) is 26.8. The van der Waals surface area contributed by atoms with Gasteiger partial charge >= 0.3 is 0 Å². The second-order valence-corrected chi connectivity index (χ2v) is 29.9. The lowest BCUT2D eigenvalue weighted by molar-refractivity contribution is 0.325. The van der Waals surface area contributed by atoms with Gasteiger partial charge in [-0.15, -0.1) is 0 Å². The third kappa shape index (κ3) is 10.4. The smallest absolute Gasteiger partial charge is 0.0471 e. The van der Waals surface area contributed by atoms with Gasteiger partial charge in [-0.1, -0.05) is 145 Å². The summed E-state index contributed by atoms with van der Waals surface area (Å²) in [6.45, 7) is 25.1. The Bertz CT molecular complexity index is 588. The summed E-state index contributed by atoms with van der Waals surface area (Å²) in [5, 5.41) is 0. The highest BCUT2D eigenvalue weighted by Crippen LogP contribution is 2.42. The fourth-order valence-electron chi connectivity index (χ4n) is 4.96. The minimum Gasteiger partial charge on any atom is -0.0694 e. The van der Waals surface area contributed by atoms with Crippen molar-refractivity contribution in [3.05, 3.63) is 35.4 Å². The van der Waals surface area contributed by atoms with E-state index in [1.165, 1.54) is 80.4 Å². The molecule has 1 aromatic carbocycles. The topological polar surface area (TPSA) is 0 Å². The Balaban J connectivity index is 3.16. The summed E-state index contributed by atoms with van der Waals surface area (Å²) in [4.78, 5) is 0. The Morgan fingerprint density at radius 2 is 0.875 bits per heavy atom. The maximum Gasteiger partial charge on any atom is 0.0471 e. The molecule has 0 atom stereocenters. The molecule has 0 saturated heterocycles. The van der Waals surface area contributed by atoms with Crippen molar-refractivity contribution >= 4 is 24.2 Å². The lowest BCUT2D eigenvalue weighted by Crippen LogP contribution is -2.31. The van der Waals surface area contributed by atoms with Crippen molar-refractivity contribution < 1.29 is 0 Å². The van der Waals surface area contributed by atoms with Crippen molar-refractivity contribution in [1.82, 2.24) is 0 Å². The Kier molecular flexibility index (Phi) is 12.2. The maximum atomic E-state index is 2.60. The molecule has 1 rings (SSSR count). The molecule has 0 aliphatic heterocycles. The third-order valence-corrected chi connectivity index (χ3v) is 19.9. The summed E-state index contributed by atoms with van der Waals surface area (Å²) < 4.78 is 0. The normalized spacial score (nSPS) is 13.6. The van der Waals surface area contributed by atoms with Gasteiger partial charge in [0, 0.05) is 24.2 Å². The van der Waals surface area contributed by atoms with Crippen LogP contribution in [0.15, 0.2) is 24.3 Å². The summed E-state index contributed by atoms with van der Waals surface area (Å²) >= 11 is 0. The molecule has 0 aliphatic rings. The van der Waals surface area contributed by atoms with Crippen LogP contribution in [0.25, 0.3) is 0 Å². The molecule has 0 radical (unpaired) electrons. The molecule has 0 aromatic heterocycles. The first-order chi connectivity index (χ1) is 14.8. The molecule has 186 valence electrons. The highest BCUT2D eigenvalue weighted by atomic mass is 28.3. The highest BCUT2D eigenvalue weighted by molar-refractivity contribution is 6.78. The van der Waals surface area contributed by atoms with E-state index in [2.05, 4.69) is 91.2 Å². The van der Waals surface area contributed by atoms with Gasteiger partial charge in [0.05, 0.1) is 0 Å². The van der Waals surface area contributed by atoms with Crippen LogP contribution in [0.3, 0.4) is 0 Å². The Morgan fingerprint density at radius 3 is 1.16 bits per heavy atom. The molecular formula is C29H58Si3. The van der Waals surface area contributed by atoms with Crippen molar-refractivity contribution in [2.45, 2.75) is 147 Å². The summed E-state index contributed by atoms with van der Waals surface area (Å²) in [5.74, 6) is 0. The molecule has 0 amide bonds. The van der Waals surface area contributed by atoms with Crippen molar-refractivity contribution in [2.75, 3.05) is 0 Å². The molecule has 0 nitrogen and oxygen atoms in total. The Labute approximate surface area is 206 Å². The number of rotatable bonds is 16. The van der Waals surface area contributed by atoms with Gasteiger partial charge in [0.25, 0.3) is 0 Å². The zero-order valence-electron chi connectivity index (χ0n) is 23.8. The van der Waals surface area contributed by atoms with Crippen LogP contribution in [-0.4, -0.2) is 24.2 Å². The van der Waals surface area contributed by atoms with Gasteiger partial charge in [0.1, 0.15) is 0 Å². The van der Waals surface area contributed by atoms with Gasteiger partial charge in [0.15, 0.2) is 0 Å². The van der Waals surface area contributed by atoms with Crippen molar-refractivity contribution in [2.24, 2.45) is 0 Å². The van der Waals surface area contributed by atoms with Crippen LogP contribution in [0.1, 0.15) is 70.4 Å². The number of hydrogen-bond donors (Lipinski definition) is 0. The molecule has 0 spiro atoms. The zero-order chi connectivity index (χ0) is 24.5. The van der Waals surface area contributed by atoms with Crippen LogP contribution in [0.5, 0.6) is 0 Å². The lowest BCUT2D eigenvalue weighted by atomic mass is 9.70. The minimum absolute atomic E-state index is 0.405. The fourth-order valence-corrected chi connectivity index (χ4v) is 9.42. The Morgan fingerprint density at radius 1 is 0.562 bits per heavy atom. The van der Waals surface area contributed by atoms with Crippen LogP contribution in [-0.2, 0) is 5.41 Å². The second-order valence-electron chi connectivity index (χ2n) is 13.3. The second kappa shape index (κ2) is 13.1. The van der Waals surface area contributed by atoms with E-state index < -0.39 is 24.2 Å². The lowest BCUT2D eigenvalue weighted by Gasteiger charge is -2.38. The van der Waals surface area contributed by atoms with E-state index in [0.29, 0.717) is 5.41 Å². The highest BCUT2D eigenvalue weighted by Gasteiger charge is 2.33. The van der Waals surface area contributed by atoms with Crippen molar-refractivity contribution in [3.63, 3.8) is 0 Å². The van der Waals surface area contributed by atoms with Crippen LogP contribution in [0, 0.1) is 6.92 Å². The fraction of sp³-hybridized carbons (Fsp3) is 0.793. The predicted molar refractivity (Wildman–Crippen MR) is 159 cm³/mol. The summed E-state index contributed by atoms with van der Waals surface area (Å²) in [6, 6.07) is 18.6. The predicted octanol–water partition coefficient (Wildman–Crippen LogP) is 10.8. The van der Waals surface area contributed by atoms with E-state index >= 15 is 0 Å². The molecule has 0 bridgehead atoms. The van der Waals surface area contributed by atoms with Crippen molar-refractivity contribution in [1.29, 1.82) is 0 Å². The quantitative estimate of drug-likeness (QED) is 0.202. The molecule has 3 heteroatoms. The van der Waals surface area contributed by atoms with Crippen molar-refractivity contribution in [3.8, 4) is 0 Å². The van der Waals surface area contributed by atoms with E-state index in [4.69, 9.17) is 0 Å². The molecule has 0 unspecified atom stereocenters. The van der Waals surface area contributed by atoms with Gasteiger partial charge in [-0.3, -0.25) is 0 Å². The average Bonchev–Trinajstić information content (AvgIpc) is 2.73. The van der Waals surface area contributed by atoms with Crippen LogP contribution < -0.4 is 0 Å². The molecule has 0 heterocycles. The standard InChI is InChI=1S/C29H58Si3/c1-11-30(5,6)24-14-21-29(22-15-25-31(7,8)12-2,23-16-26-32(9,10)13-3)28-19-17-27(4)18-20-28/h17-20H,11-16,21-26H2,1-10H3. The molecule has 0 saturated carbocycles. The van der Waals surface area contributed by atoms with E-state index in [9.17, 15) is 0 Å². The van der Waals surface area contributed by atoms with Gasteiger partial charge in [-0.25, -0.2) is 0 Å². The molecule has 32 heavy (non-hydrogen) atoms. The first-order valence-corrected chi connectivity index (χ1v) is 24.1. The summed E-state index contributed by atoms with van der Waals surface area (Å²) in [6.07, 6.45) is 8.54. The summed E-state index contributed by atoms with van der Waals surface area (Å²) in [5.41, 5.74) is 3.47. The van der Waals surface area contributed by atoms with Gasteiger partial charge in [-0.05, 0) is 37.2 Å². The molecule has 0 aliphatic carbocycles. The third-order valence-electron chi connectivity index (χ3n) is 9.06. The molecular weight excluding hydrogens is 433 g/mol. The average molecular weight is 491 g/mol. The molecule has 1 aromatic rings. The summed E-state index contributed by atoms with van der Waals surface area (Å²) in [7, 11) is -3.02. The van der Waals surface area contributed by atoms with E-state index in [1.807, 2.05) is 0 Å². The molecule has 0 N–H and O–H groups in total.